The van der Waals surface area contributed by atoms with Crippen LogP contribution < -0.4 is 10.2 Å². The minimum absolute atomic E-state index is 0.299. The van der Waals surface area contributed by atoms with E-state index in [1.165, 1.54) is 49.0 Å². The molecule has 0 radical (unpaired) electrons. The lowest BCUT2D eigenvalue weighted by Gasteiger charge is -2.37. The predicted molar refractivity (Wildman–Crippen MR) is 89.1 cm³/mol. The van der Waals surface area contributed by atoms with Crippen molar-refractivity contribution in [2.45, 2.75) is 51.2 Å². The molecule has 3 heteroatoms. The third-order valence-corrected chi connectivity index (χ3v) is 4.97. The molecule has 3 atom stereocenters. The second kappa shape index (κ2) is 6.27. The molecule has 3 nitrogen and oxygen atoms in total. The van der Waals surface area contributed by atoms with E-state index >= 15 is 0 Å². The van der Waals surface area contributed by atoms with E-state index in [2.05, 4.69) is 49.4 Å². The lowest BCUT2D eigenvalue weighted by atomic mass is 9.82. The SMILES string of the molecule is CCCCCC1Nc2ccc(N(C)C)cc2C2OCCC12. The Hall–Kier alpha value is -1.22. The second-order valence-corrected chi connectivity index (χ2v) is 6.66. The molecule has 0 aliphatic carbocycles. The molecule has 1 saturated heterocycles. The van der Waals surface area contributed by atoms with Crippen molar-refractivity contribution in [3.05, 3.63) is 23.8 Å². The zero-order valence-electron chi connectivity index (χ0n) is 13.6. The first-order chi connectivity index (χ1) is 10.2. The van der Waals surface area contributed by atoms with E-state index in [1.807, 2.05) is 0 Å². The summed E-state index contributed by atoms with van der Waals surface area (Å²) in [6.07, 6.45) is 6.71. The minimum atomic E-state index is 0.299. The summed E-state index contributed by atoms with van der Waals surface area (Å²) in [4.78, 5) is 2.16. The van der Waals surface area contributed by atoms with Crippen LogP contribution >= 0.6 is 0 Å². The molecule has 0 spiro atoms. The summed E-state index contributed by atoms with van der Waals surface area (Å²) in [6, 6.07) is 7.31. The van der Waals surface area contributed by atoms with Crippen LogP contribution in [0.3, 0.4) is 0 Å². The number of hydrogen-bond donors (Lipinski definition) is 1. The van der Waals surface area contributed by atoms with Crippen molar-refractivity contribution in [3.8, 4) is 0 Å². The summed E-state index contributed by atoms with van der Waals surface area (Å²) >= 11 is 0. The lowest BCUT2D eigenvalue weighted by molar-refractivity contribution is 0.0819. The highest BCUT2D eigenvalue weighted by molar-refractivity contribution is 5.63. The summed E-state index contributed by atoms with van der Waals surface area (Å²) in [5.74, 6) is 0.645. The molecular formula is C18H28N2O. The van der Waals surface area contributed by atoms with Crippen LogP contribution in [-0.4, -0.2) is 26.7 Å². The topological polar surface area (TPSA) is 24.5 Å². The lowest BCUT2D eigenvalue weighted by Crippen LogP contribution is -2.36. The van der Waals surface area contributed by atoms with Gasteiger partial charge in [-0.25, -0.2) is 0 Å². The molecule has 2 aliphatic rings. The fraction of sp³-hybridized carbons (Fsp3) is 0.667. The van der Waals surface area contributed by atoms with E-state index in [9.17, 15) is 0 Å². The summed E-state index contributed by atoms with van der Waals surface area (Å²) in [5, 5.41) is 3.79. The number of ether oxygens (including phenoxy) is 1. The first-order valence-corrected chi connectivity index (χ1v) is 8.40. The smallest absolute Gasteiger partial charge is 0.0894 e. The standard InChI is InChI=1S/C18H28N2O/c1-4-5-6-7-16-14-10-11-21-18(14)15-12-13(20(2)3)8-9-17(15)19-16/h8-9,12,14,16,18-19H,4-7,10-11H2,1-3H3. The normalized spacial score (nSPS) is 26.9. The largest absolute Gasteiger partial charge is 0.382 e. The van der Waals surface area contributed by atoms with Gasteiger partial charge in [-0.2, -0.15) is 0 Å². The average molecular weight is 288 g/mol. The van der Waals surface area contributed by atoms with Crippen LogP contribution in [0.2, 0.25) is 0 Å². The highest BCUT2D eigenvalue weighted by Gasteiger charge is 2.40. The molecule has 1 fully saturated rings. The first-order valence-electron chi connectivity index (χ1n) is 8.40. The van der Waals surface area contributed by atoms with Gasteiger partial charge in [-0.1, -0.05) is 26.2 Å². The van der Waals surface area contributed by atoms with E-state index < -0.39 is 0 Å². The van der Waals surface area contributed by atoms with E-state index in [1.54, 1.807) is 0 Å². The number of benzene rings is 1. The van der Waals surface area contributed by atoms with Crippen LogP contribution in [0.4, 0.5) is 11.4 Å². The Morgan fingerprint density at radius 3 is 2.90 bits per heavy atom. The van der Waals surface area contributed by atoms with Gasteiger partial charge < -0.3 is 15.0 Å². The molecule has 2 aliphatic heterocycles. The third-order valence-electron chi connectivity index (χ3n) is 4.97. The Morgan fingerprint density at radius 1 is 1.29 bits per heavy atom. The summed E-state index contributed by atoms with van der Waals surface area (Å²) < 4.78 is 6.10. The Morgan fingerprint density at radius 2 is 2.14 bits per heavy atom. The van der Waals surface area contributed by atoms with E-state index in [0.29, 0.717) is 18.1 Å². The number of rotatable bonds is 5. The molecular weight excluding hydrogens is 260 g/mol. The molecule has 0 bridgehead atoms. The van der Waals surface area contributed by atoms with Crippen LogP contribution in [0.1, 0.15) is 50.7 Å². The van der Waals surface area contributed by atoms with Gasteiger partial charge in [0.2, 0.25) is 0 Å². The number of unbranched alkanes of at least 4 members (excludes halogenated alkanes) is 2. The maximum Gasteiger partial charge on any atom is 0.0894 e. The monoisotopic (exact) mass is 288 g/mol. The van der Waals surface area contributed by atoms with Crippen molar-refractivity contribution in [1.29, 1.82) is 0 Å². The Kier molecular flexibility index (Phi) is 4.39. The molecule has 21 heavy (non-hydrogen) atoms. The van der Waals surface area contributed by atoms with Crippen LogP contribution in [0.5, 0.6) is 0 Å². The molecule has 116 valence electrons. The van der Waals surface area contributed by atoms with Crippen LogP contribution in [-0.2, 0) is 4.74 Å². The molecule has 0 saturated carbocycles. The van der Waals surface area contributed by atoms with Crippen molar-refractivity contribution >= 4 is 11.4 Å². The zero-order valence-corrected chi connectivity index (χ0v) is 13.6. The molecule has 3 rings (SSSR count). The minimum Gasteiger partial charge on any atom is -0.382 e. The number of hydrogen-bond acceptors (Lipinski definition) is 3. The van der Waals surface area contributed by atoms with Gasteiger partial charge >= 0.3 is 0 Å². The molecule has 1 aromatic rings. The summed E-state index contributed by atoms with van der Waals surface area (Å²) in [7, 11) is 4.19. The molecule has 1 aromatic carbocycles. The van der Waals surface area contributed by atoms with Gasteiger partial charge in [0.05, 0.1) is 6.10 Å². The van der Waals surface area contributed by atoms with E-state index in [-0.39, 0.29) is 0 Å². The number of anilines is 2. The van der Waals surface area contributed by atoms with Gasteiger partial charge in [0.1, 0.15) is 0 Å². The van der Waals surface area contributed by atoms with E-state index in [4.69, 9.17) is 4.74 Å². The van der Waals surface area contributed by atoms with Gasteiger partial charge in [-0.05, 0) is 31.0 Å². The average Bonchev–Trinajstić information content (AvgIpc) is 2.97. The Bertz CT molecular complexity index is 486. The molecule has 2 heterocycles. The quantitative estimate of drug-likeness (QED) is 0.822. The number of nitrogens with zero attached hydrogens (tertiary/aromatic N) is 1. The van der Waals surface area contributed by atoms with Crippen LogP contribution in [0.15, 0.2) is 18.2 Å². The Balaban J connectivity index is 1.83. The summed E-state index contributed by atoms with van der Waals surface area (Å²) in [5.41, 5.74) is 3.90. The summed E-state index contributed by atoms with van der Waals surface area (Å²) in [6.45, 7) is 3.18. The third kappa shape index (κ3) is 2.89. The molecule has 1 N–H and O–H groups in total. The predicted octanol–water partition coefficient (Wildman–Crippen LogP) is 4.20. The number of fused-ring (bicyclic) bond motifs is 3. The van der Waals surface area contributed by atoms with Crippen molar-refractivity contribution in [2.75, 3.05) is 30.9 Å². The fourth-order valence-electron chi connectivity index (χ4n) is 3.74. The van der Waals surface area contributed by atoms with Crippen LogP contribution in [0, 0.1) is 5.92 Å². The van der Waals surface area contributed by atoms with Gasteiger partial charge in [-0.15, -0.1) is 0 Å². The van der Waals surface area contributed by atoms with Crippen molar-refractivity contribution < 1.29 is 4.74 Å². The van der Waals surface area contributed by atoms with Gasteiger partial charge in [0.15, 0.2) is 0 Å². The fourth-order valence-corrected chi connectivity index (χ4v) is 3.74. The van der Waals surface area contributed by atoms with E-state index in [0.717, 1.165) is 6.61 Å². The first kappa shape index (κ1) is 14.7. The maximum atomic E-state index is 6.10. The van der Waals surface area contributed by atoms with Gasteiger partial charge in [0, 0.05) is 49.6 Å². The van der Waals surface area contributed by atoms with Crippen LogP contribution in [0.25, 0.3) is 0 Å². The second-order valence-electron chi connectivity index (χ2n) is 6.66. The molecule has 0 amide bonds. The van der Waals surface area contributed by atoms with Gasteiger partial charge in [0.25, 0.3) is 0 Å². The molecule has 0 aromatic heterocycles. The Labute approximate surface area is 128 Å². The van der Waals surface area contributed by atoms with Gasteiger partial charge in [-0.3, -0.25) is 0 Å². The number of nitrogens with one attached hydrogen (secondary N) is 1. The molecule has 3 unspecified atom stereocenters. The zero-order chi connectivity index (χ0) is 14.8. The van der Waals surface area contributed by atoms with Crippen molar-refractivity contribution in [2.24, 2.45) is 5.92 Å². The van der Waals surface area contributed by atoms with Crippen molar-refractivity contribution in [3.63, 3.8) is 0 Å². The highest BCUT2D eigenvalue weighted by atomic mass is 16.5. The maximum absolute atomic E-state index is 6.10. The van der Waals surface area contributed by atoms with Crippen molar-refractivity contribution in [1.82, 2.24) is 0 Å². The highest BCUT2D eigenvalue weighted by Crippen LogP contribution is 2.46.